The van der Waals surface area contributed by atoms with Crippen molar-refractivity contribution in [3.63, 3.8) is 0 Å². The molecule has 0 unspecified atom stereocenters. The quantitative estimate of drug-likeness (QED) is 0.853. The number of hydrogen-bond donors (Lipinski definition) is 2. The third kappa shape index (κ3) is 2.80. The molecule has 21 heavy (non-hydrogen) atoms. The number of nitrogen functional groups attached to an aromatic ring is 1. The molecule has 0 saturated heterocycles. The van der Waals surface area contributed by atoms with Gasteiger partial charge in [-0.2, -0.15) is 0 Å². The lowest BCUT2D eigenvalue weighted by atomic mass is 10.1. The second-order valence-corrected chi connectivity index (χ2v) is 6.88. The highest BCUT2D eigenvalue weighted by Crippen LogP contribution is 2.29. The minimum Gasteiger partial charge on any atom is -0.508 e. The van der Waals surface area contributed by atoms with E-state index in [0.29, 0.717) is 22.5 Å². The first kappa shape index (κ1) is 15.2. The maximum absolute atomic E-state index is 12.8. The van der Waals surface area contributed by atoms with Crippen molar-refractivity contribution in [2.24, 2.45) is 0 Å². The number of phenols is 1. The average Bonchev–Trinajstić information content (AvgIpc) is 2.36. The van der Waals surface area contributed by atoms with E-state index >= 15 is 0 Å². The second-order valence-electron chi connectivity index (χ2n) is 4.98. The summed E-state index contributed by atoms with van der Waals surface area (Å²) in [5, 5.41) is 9.51. The highest BCUT2D eigenvalue weighted by molar-refractivity contribution is 7.92. The van der Waals surface area contributed by atoms with Gasteiger partial charge in [0, 0.05) is 18.8 Å². The number of sulfonamides is 1. The Morgan fingerprint density at radius 1 is 1.10 bits per heavy atom. The van der Waals surface area contributed by atoms with Gasteiger partial charge in [0.2, 0.25) is 0 Å². The molecule has 6 heteroatoms. The number of nitrogens with two attached hydrogens (primary N) is 1. The summed E-state index contributed by atoms with van der Waals surface area (Å²) in [6, 6.07) is 9.38. The minimum atomic E-state index is -3.72. The van der Waals surface area contributed by atoms with Gasteiger partial charge in [-0.15, -0.1) is 0 Å². The van der Waals surface area contributed by atoms with Crippen LogP contribution in [0.15, 0.2) is 41.3 Å². The van der Waals surface area contributed by atoms with Crippen molar-refractivity contribution in [3.05, 3.63) is 47.5 Å². The number of phenolic OH excluding ortho intramolecular Hbond substituents is 1. The lowest BCUT2D eigenvalue weighted by Gasteiger charge is -2.22. The predicted molar refractivity (Wildman–Crippen MR) is 84.0 cm³/mol. The normalized spacial score (nSPS) is 11.4. The molecular formula is C15H18N2O3S. The van der Waals surface area contributed by atoms with Crippen LogP contribution < -0.4 is 10.0 Å². The molecule has 2 rings (SSSR count). The van der Waals surface area contributed by atoms with E-state index in [-0.39, 0.29) is 10.6 Å². The maximum atomic E-state index is 12.8. The molecule has 2 aromatic carbocycles. The van der Waals surface area contributed by atoms with Gasteiger partial charge in [-0.1, -0.05) is 6.07 Å². The van der Waals surface area contributed by atoms with E-state index in [2.05, 4.69) is 0 Å². The standard InChI is InChI=1S/C15H18N2O3S/c1-10-7-12(16)8-11(2)15(10)21(19,20)17(3)13-5-4-6-14(18)9-13/h4-9,18H,16H2,1-3H3. The largest absolute Gasteiger partial charge is 0.508 e. The molecule has 112 valence electrons. The second kappa shape index (κ2) is 5.29. The predicted octanol–water partition coefficient (Wildman–Crippen LogP) is 2.42. The van der Waals surface area contributed by atoms with Crippen LogP contribution in [0.2, 0.25) is 0 Å². The molecule has 0 heterocycles. The van der Waals surface area contributed by atoms with Crippen LogP contribution in [0, 0.1) is 13.8 Å². The Labute approximate surface area is 124 Å². The summed E-state index contributed by atoms with van der Waals surface area (Å²) in [6.45, 7) is 3.43. The van der Waals surface area contributed by atoms with E-state index in [9.17, 15) is 13.5 Å². The number of aromatic hydroxyl groups is 1. The summed E-state index contributed by atoms with van der Waals surface area (Å²) in [5.74, 6) is 0.0142. The van der Waals surface area contributed by atoms with E-state index in [1.165, 1.54) is 19.2 Å². The lowest BCUT2D eigenvalue weighted by molar-refractivity contribution is 0.475. The van der Waals surface area contributed by atoms with Crippen molar-refractivity contribution in [1.82, 2.24) is 0 Å². The van der Waals surface area contributed by atoms with E-state index in [1.54, 1.807) is 38.1 Å². The van der Waals surface area contributed by atoms with Crippen LogP contribution in [0.25, 0.3) is 0 Å². The molecule has 0 fully saturated rings. The summed E-state index contributed by atoms with van der Waals surface area (Å²) in [6.07, 6.45) is 0. The number of nitrogens with zero attached hydrogens (tertiary/aromatic N) is 1. The zero-order chi connectivity index (χ0) is 15.8. The van der Waals surface area contributed by atoms with E-state index in [0.717, 1.165) is 4.31 Å². The third-order valence-corrected chi connectivity index (χ3v) is 5.39. The van der Waals surface area contributed by atoms with Gasteiger partial charge >= 0.3 is 0 Å². The fourth-order valence-electron chi connectivity index (χ4n) is 2.36. The van der Waals surface area contributed by atoms with Crippen molar-refractivity contribution in [3.8, 4) is 5.75 Å². The van der Waals surface area contributed by atoms with Gasteiger partial charge in [0.1, 0.15) is 5.75 Å². The Morgan fingerprint density at radius 2 is 1.67 bits per heavy atom. The van der Waals surface area contributed by atoms with Gasteiger partial charge < -0.3 is 10.8 Å². The molecule has 2 aromatic rings. The van der Waals surface area contributed by atoms with Gasteiger partial charge in [-0.05, 0) is 49.2 Å². The smallest absolute Gasteiger partial charge is 0.264 e. The number of aryl methyl sites for hydroxylation is 2. The molecule has 0 spiro atoms. The van der Waals surface area contributed by atoms with Crippen LogP contribution in [0.1, 0.15) is 11.1 Å². The van der Waals surface area contributed by atoms with Crippen LogP contribution in [0.3, 0.4) is 0 Å². The first-order valence-corrected chi connectivity index (χ1v) is 7.82. The van der Waals surface area contributed by atoms with Crippen LogP contribution in [0.4, 0.5) is 11.4 Å². The van der Waals surface area contributed by atoms with Crippen molar-refractivity contribution in [2.75, 3.05) is 17.1 Å². The maximum Gasteiger partial charge on any atom is 0.264 e. The Kier molecular flexibility index (Phi) is 3.82. The molecular weight excluding hydrogens is 288 g/mol. The highest BCUT2D eigenvalue weighted by Gasteiger charge is 2.25. The number of rotatable bonds is 3. The number of anilines is 2. The molecule has 0 aromatic heterocycles. The Balaban J connectivity index is 2.57. The van der Waals surface area contributed by atoms with Gasteiger partial charge in [0.05, 0.1) is 10.6 Å². The van der Waals surface area contributed by atoms with Crippen molar-refractivity contribution < 1.29 is 13.5 Å². The molecule has 0 aliphatic rings. The molecule has 0 saturated carbocycles. The summed E-state index contributed by atoms with van der Waals surface area (Å²) < 4.78 is 26.8. The summed E-state index contributed by atoms with van der Waals surface area (Å²) in [5.41, 5.74) is 7.86. The summed E-state index contributed by atoms with van der Waals surface area (Å²) in [4.78, 5) is 0.238. The Bertz CT molecular complexity index is 762. The molecule has 0 bridgehead atoms. The van der Waals surface area contributed by atoms with Crippen LogP contribution in [-0.2, 0) is 10.0 Å². The SMILES string of the molecule is Cc1cc(N)cc(C)c1S(=O)(=O)N(C)c1cccc(O)c1. The Hall–Kier alpha value is -2.21. The Morgan fingerprint density at radius 3 is 2.19 bits per heavy atom. The molecule has 0 aliphatic heterocycles. The average molecular weight is 306 g/mol. The number of hydrogen-bond acceptors (Lipinski definition) is 4. The van der Waals surface area contributed by atoms with Gasteiger partial charge in [0.15, 0.2) is 0 Å². The molecule has 0 radical (unpaired) electrons. The first-order chi connectivity index (χ1) is 9.73. The van der Waals surface area contributed by atoms with Crippen molar-refractivity contribution in [2.45, 2.75) is 18.7 Å². The van der Waals surface area contributed by atoms with E-state index in [4.69, 9.17) is 5.73 Å². The van der Waals surface area contributed by atoms with E-state index < -0.39 is 10.0 Å². The van der Waals surface area contributed by atoms with Crippen LogP contribution >= 0.6 is 0 Å². The molecule has 5 nitrogen and oxygen atoms in total. The number of benzene rings is 2. The minimum absolute atomic E-state index is 0.0142. The molecule has 0 aliphatic carbocycles. The highest BCUT2D eigenvalue weighted by atomic mass is 32.2. The molecule has 3 N–H and O–H groups in total. The fourth-order valence-corrected chi connectivity index (χ4v) is 3.95. The first-order valence-electron chi connectivity index (χ1n) is 6.38. The van der Waals surface area contributed by atoms with Gasteiger partial charge in [0.25, 0.3) is 10.0 Å². The molecule has 0 amide bonds. The zero-order valence-electron chi connectivity index (χ0n) is 12.2. The summed E-state index contributed by atoms with van der Waals surface area (Å²) in [7, 11) is -2.26. The van der Waals surface area contributed by atoms with Crippen LogP contribution in [-0.4, -0.2) is 20.6 Å². The molecule has 0 atom stereocenters. The zero-order valence-corrected chi connectivity index (χ0v) is 13.0. The van der Waals surface area contributed by atoms with Crippen molar-refractivity contribution in [1.29, 1.82) is 0 Å². The monoisotopic (exact) mass is 306 g/mol. The van der Waals surface area contributed by atoms with Crippen molar-refractivity contribution >= 4 is 21.4 Å². The third-order valence-electron chi connectivity index (χ3n) is 3.29. The van der Waals surface area contributed by atoms with E-state index in [1.807, 2.05) is 0 Å². The van der Waals surface area contributed by atoms with Crippen LogP contribution in [0.5, 0.6) is 5.75 Å². The summed E-state index contributed by atoms with van der Waals surface area (Å²) >= 11 is 0. The van der Waals surface area contributed by atoms with Gasteiger partial charge in [-0.3, -0.25) is 4.31 Å². The topological polar surface area (TPSA) is 83.6 Å². The fraction of sp³-hybridized carbons (Fsp3) is 0.200. The lowest BCUT2D eigenvalue weighted by Crippen LogP contribution is -2.28. The van der Waals surface area contributed by atoms with Gasteiger partial charge in [-0.25, -0.2) is 8.42 Å².